The summed E-state index contributed by atoms with van der Waals surface area (Å²) in [7, 11) is 0. The number of benzene rings is 1. The molecule has 1 aliphatic rings. The van der Waals surface area contributed by atoms with Crippen molar-refractivity contribution in [3.63, 3.8) is 0 Å². The van der Waals surface area contributed by atoms with Crippen molar-refractivity contribution in [2.24, 2.45) is 0 Å². The van der Waals surface area contributed by atoms with Gasteiger partial charge in [0, 0.05) is 36.7 Å². The number of hydrogen-bond donors (Lipinski definition) is 2. The molecule has 0 saturated carbocycles. The minimum Gasteiger partial charge on any atom is -0.378 e. The van der Waals surface area contributed by atoms with E-state index in [9.17, 15) is 4.79 Å². The lowest BCUT2D eigenvalue weighted by Gasteiger charge is -2.28. The average Bonchev–Trinajstić information content (AvgIpc) is 2.76. The van der Waals surface area contributed by atoms with Crippen LogP contribution in [0.3, 0.4) is 0 Å². The van der Waals surface area contributed by atoms with Crippen LogP contribution >= 0.6 is 0 Å². The Morgan fingerprint density at radius 2 is 1.79 bits per heavy atom. The second-order valence-electron chi connectivity index (χ2n) is 6.60. The van der Waals surface area contributed by atoms with E-state index in [0.717, 1.165) is 30.2 Å². The van der Waals surface area contributed by atoms with Crippen molar-refractivity contribution in [2.45, 2.75) is 6.92 Å². The van der Waals surface area contributed by atoms with Gasteiger partial charge in [-0.25, -0.2) is 4.98 Å². The summed E-state index contributed by atoms with van der Waals surface area (Å²) in [6.07, 6.45) is 4.78. The van der Waals surface area contributed by atoms with Crippen LogP contribution in [-0.4, -0.2) is 52.4 Å². The van der Waals surface area contributed by atoms with Gasteiger partial charge in [-0.15, -0.1) is 5.10 Å². The van der Waals surface area contributed by atoms with Crippen LogP contribution in [0.4, 0.5) is 22.9 Å². The van der Waals surface area contributed by atoms with Crippen LogP contribution in [0.1, 0.15) is 16.2 Å². The van der Waals surface area contributed by atoms with Crippen molar-refractivity contribution in [1.29, 1.82) is 0 Å². The second-order valence-corrected chi connectivity index (χ2v) is 6.60. The lowest BCUT2D eigenvalue weighted by molar-refractivity contribution is 0.102. The average molecular weight is 391 g/mol. The molecule has 0 atom stereocenters. The van der Waals surface area contributed by atoms with Gasteiger partial charge >= 0.3 is 0 Å². The Morgan fingerprint density at radius 3 is 2.52 bits per heavy atom. The number of hydrogen-bond acceptors (Lipinski definition) is 8. The summed E-state index contributed by atoms with van der Waals surface area (Å²) in [6, 6.07) is 9.30. The summed E-state index contributed by atoms with van der Waals surface area (Å²) >= 11 is 0. The minimum absolute atomic E-state index is 0.271. The molecule has 1 saturated heterocycles. The molecule has 0 unspecified atom stereocenters. The first-order valence-electron chi connectivity index (χ1n) is 9.30. The van der Waals surface area contributed by atoms with Crippen LogP contribution in [0.15, 0.2) is 48.9 Å². The van der Waals surface area contributed by atoms with Gasteiger partial charge in [-0.05, 0) is 31.2 Å². The van der Waals surface area contributed by atoms with Crippen molar-refractivity contribution in [2.75, 3.05) is 41.8 Å². The standard InChI is InChI=1S/C20H21N7O2/c1-14-11-22-18(13-21-14)20(28)25-16-4-2-15(3-5-16)24-19-10-17(12-23-26-19)27-6-8-29-9-7-27/h2-5,10-13H,6-9H2,1H3,(H,24,26)(H,25,28). The number of carbonyl (C=O) groups is 1. The predicted molar refractivity (Wildman–Crippen MR) is 110 cm³/mol. The first-order valence-corrected chi connectivity index (χ1v) is 9.30. The van der Waals surface area contributed by atoms with Gasteiger partial charge < -0.3 is 20.3 Å². The molecule has 4 rings (SSSR count). The van der Waals surface area contributed by atoms with Crippen LogP contribution in [0.2, 0.25) is 0 Å². The van der Waals surface area contributed by atoms with E-state index in [1.165, 1.54) is 6.20 Å². The zero-order valence-corrected chi connectivity index (χ0v) is 16.0. The predicted octanol–water partition coefficient (Wildman–Crippen LogP) is 2.41. The van der Waals surface area contributed by atoms with Crippen molar-refractivity contribution >= 4 is 28.8 Å². The molecular formula is C20H21N7O2. The molecule has 9 nitrogen and oxygen atoms in total. The maximum atomic E-state index is 12.2. The Kier molecular flexibility index (Phi) is 5.57. The lowest BCUT2D eigenvalue weighted by atomic mass is 10.2. The maximum Gasteiger partial charge on any atom is 0.275 e. The van der Waals surface area contributed by atoms with Gasteiger partial charge in [0.2, 0.25) is 0 Å². The van der Waals surface area contributed by atoms with Crippen LogP contribution in [0.25, 0.3) is 0 Å². The third-order valence-corrected chi connectivity index (χ3v) is 4.45. The normalized spacial score (nSPS) is 13.8. The Hall–Kier alpha value is -3.59. The van der Waals surface area contributed by atoms with Gasteiger partial charge in [-0.3, -0.25) is 9.78 Å². The van der Waals surface area contributed by atoms with Gasteiger partial charge in [0.25, 0.3) is 5.91 Å². The van der Waals surface area contributed by atoms with E-state index in [0.29, 0.717) is 24.7 Å². The molecular weight excluding hydrogens is 370 g/mol. The molecule has 2 aromatic heterocycles. The summed E-state index contributed by atoms with van der Waals surface area (Å²) in [6.45, 7) is 4.93. The van der Waals surface area contributed by atoms with Crippen LogP contribution in [-0.2, 0) is 4.74 Å². The van der Waals surface area contributed by atoms with Gasteiger partial charge in [-0.2, -0.15) is 5.10 Å². The van der Waals surface area contributed by atoms with Gasteiger partial charge in [-0.1, -0.05) is 0 Å². The third-order valence-electron chi connectivity index (χ3n) is 4.45. The smallest absolute Gasteiger partial charge is 0.275 e. The van der Waals surface area contributed by atoms with Crippen molar-refractivity contribution < 1.29 is 9.53 Å². The van der Waals surface area contributed by atoms with E-state index < -0.39 is 0 Å². The number of morpholine rings is 1. The SMILES string of the molecule is Cc1cnc(C(=O)Nc2ccc(Nc3cc(N4CCOCC4)cnn3)cc2)cn1. The maximum absolute atomic E-state index is 12.2. The highest BCUT2D eigenvalue weighted by molar-refractivity contribution is 6.02. The molecule has 0 bridgehead atoms. The number of carbonyl (C=O) groups excluding carboxylic acids is 1. The van der Waals surface area contributed by atoms with Crippen LogP contribution in [0, 0.1) is 6.92 Å². The molecule has 1 aromatic carbocycles. The van der Waals surface area contributed by atoms with Gasteiger partial charge in [0.1, 0.15) is 5.69 Å². The summed E-state index contributed by atoms with van der Waals surface area (Å²) in [5, 5.41) is 14.3. The van der Waals surface area contributed by atoms with E-state index in [2.05, 4.69) is 35.7 Å². The topological polar surface area (TPSA) is 105 Å². The highest BCUT2D eigenvalue weighted by Gasteiger charge is 2.12. The number of nitrogens with one attached hydrogen (secondary N) is 2. The Bertz CT molecular complexity index is 971. The Balaban J connectivity index is 1.39. The first-order chi connectivity index (χ1) is 14.2. The molecule has 3 heterocycles. The van der Waals surface area contributed by atoms with E-state index in [1.54, 1.807) is 24.5 Å². The van der Waals surface area contributed by atoms with Crippen LogP contribution in [0.5, 0.6) is 0 Å². The van der Waals surface area contributed by atoms with Gasteiger partial charge in [0.05, 0.1) is 37.0 Å². The monoisotopic (exact) mass is 391 g/mol. The zero-order valence-electron chi connectivity index (χ0n) is 16.0. The van der Waals surface area contributed by atoms with Gasteiger partial charge in [0.15, 0.2) is 5.82 Å². The van der Waals surface area contributed by atoms with E-state index in [-0.39, 0.29) is 11.6 Å². The molecule has 1 aliphatic heterocycles. The highest BCUT2D eigenvalue weighted by Crippen LogP contribution is 2.21. The molecule has 148 valence electrons. The quantitative estimate of drug-likeness (QED) is 0.683. The molecule has 0 radical (unpaired) electrons. The number of amides is 1. The fourth-order valence-corrected chi connectivity index (χ4v) is 2.90. The fourth-order valence-electron chi connectivity index (χ4n) is 2.90. The molecule has 2 N–H and O–H groups in total. The summed E-state index contributed by atoms with van der Waals surface area (Å²) in [4.78, 5) is 22.6. The number of aromatic nitrogens is 4. The van der Waals surface area contributed by atoms with Crippen LogP contribution < -0.4 is 15.5 Å². The molecule has 9 heteroatoms. The number of nitrogens with zero attached hydrogens (tertiary/aromatic N) is 5. The molecule has 29 heavy (non-hydrogen) atoms. The molecule has 3 aromatic rings. The van der Waals surface area contributed by atoms with Crippen molar-refractivity contribution in [3.05, 3.63) is 60.3 Å². The largest absolute Gasteiger partial charge is 0.378 e. The number of anilines is 4. The lowest BCUT2D eigenvalue weighted by Crippen LogP contribution is -2.36. The number of ether oxygens (including phenoxy) is 1. The number of aryl methyl sites for hydroxylation is 1. The minimum atomic E-state index is -0.303. The summed E-state index contributed by atoms with van der Waals surface area (Å²) < 4.78 is 5.39. The van der Waals surface area contributed by atoms with Crippen molar-refractivity contribution in [3.8, 4) is 0 Å². The van der Waals surface area contributed by atoms with Crippen molar-refractivity contribution in [1.82, 2.24) is 20.2 Å². The third kappa shape index (κ3) is 4.82. The fraction of sp³-hybridized carbons (Fsp3) is 0.250. The summed E-state index contributed by atoms with van der Waals surface area (Å²) in [5.41, 5.74) is 3.54. The zero-order chi connectivity index (χ0) is 20.1. The second kappa shape index (κ2) is 8.61. The molecule has 0 spiro atoms. The molecule has 1 fully saturated rings. The van der Waals surface area contributed by atoms with E-state index in [1.807, 2.05) is 25.1 Å². The number of rotatable bonds is 5. The highest BCUT2D eigenvalue weighted by atomic mass is 16.5. The molecule has 1 amide bonds. The summed E-state index contributed by atoms with van der Waals surface area (Å²) in [5.74, 6) is 0.350. The molecule has 0 aliphatic carbocycles. The first kappa shape index (κ1) is 18.8. The Labute approximate surface area is 168 Å². The van der Waals surface area contributed by atoms with E-state index in [4.69, 9.17) is 4.74 Å². The Morgan fingerprint density at radius 1 is 1.03 bits per heavy atom. The van der Waals surface area contributed by atoms with E-state index >= 15 is 0 Å².